The second kappa shape index (κ2) is 8.50. The minimum absolute atomic E-state index is 0.107. The second-order valence-corrected chi connectivity index (χ2v) is 7.92. The fraction of sp³-hybridized carbons (Fsp3) is 0.409. The Labute approximate surface area is 182 Å². The van der Waals surface area contributed by atoms with E-state index in [0.717, 1.165) is 17.9 Å². The molecule has 6 nitrogen and oxygen atoms in total. The van der Waals surface area contributed by atoms with E-state index >= 15 is 0 Å². The van der Waals surface area contributed by atoms with Gasteiger partial charge in [-0.15, -0.1) is 5.10 Å². The number of ether oxygens (including phenoxy) is 1. The van der Waals surface area contributed by atoms with Crippen molar-refractivity contribution in [2.45, 2.75) is 38.5 Å². The topological polar surface area (TPSA) is 63.2 Å². The van der Waals surface area contributed by atoms with Gasteiger partial charge in [-0.05, 0) is 32.4 Å². The molecular weight excluding hydrogens is 426 g/mol. The fourth-order valence-electron chi connectivity index (χ4n) is 3.86. The molecule has 3 heterocycles. The highest BCUT2D eigenvalue weighted by Gasteiger charge is 2.35. The van der Waals surface area contributed by atoms with Crippen LogP contribution in [0.5, 0.6) is 0 Å². The van der Waals surface area contributed by atoms with Crippen molar-refractivity contribution in [3.05, 3.63) is 53.1 Å². The number of rotatable bonds is 5. The SMILES string of the molecule is Cc1nnc(N[C@H](C)c2cccc(C(F)(F)F)c2F)c2cc(N(C)[C@H]3CCOC3)ncc12. The van der Waals surface area contributed by atoms with Gasteiger partial charge in [0.1, 0.15) is 11.6 Å². The van der Waals surface area contributed by atoms with Crippen molar-refractivity contribution in [2.24, 2.45) is 0 Å². The first-order valence-corrected chi connectivity index (χ1v) is 10.2. The van der Waals surface area contributed by atoms with E-state index in [1.165, 1.54) is 12.1 Å². The summed E-state index contributed by atoms with van der Waals surface area (Å²) < 4.78 is 59.4. The summed E-state index contributed by atoms with van der Waals surface area (Å²) in [5.41, 5.74) is -0.741. The van der Waals surface area contributed by atoms with Gasteiger partial charge in [0.25, 0.3) is 0 Å². The third kappa shape index (κ3) is 4.19. The van der Waals surface area contributed by atoms with Crippen LogP contribution in [0.1, 0.15) is 36.2 Å². The number of nitrogens with one attached hydrogen (secondary N) is 1. The Hall–Kier alpha value is -3.01. The number of anilines is 2. The van der Waals surface area contributed by atoms with Crippen LogP contribution >= 0.6 is 0 Å². The van der Waals surface area contributed by atoms with E-state index in [2.05, 4.69) is 20.5 Å². The van der Waals surface area contributed by atoms with Crippen molar-refractivity contribution in [2.75, 3.05) is 30.5 Å². The molecule has 170 valence electrons. The summed E-state index contributed by atoms with van der Waals surface area (Å²) in [6.07, 6.45) is -2.19. The van der Waals surface area contributed by atoms with Crippen molar-refractivity contribution in [3.8, 4) is 0 Å². The van der Waals surface area contributed by atoms with Gasteiger partial charge in [0, 0.05) is 36.2 Å². The summed E-state index contributed by atoms with van der Waals surface area (Å²) in [6, 6.07) is 4.52. The van der Waals surface area contributed by atoms with Crippen LogP contribution in [0.15, 0.2) is 30.5 Å². The second-order valence-electron chi connectivity index (χ2n) is 7.92. The van der Waals surface area contributed by atoms with Crippen molar-refractivity contribution in [1.29, 1.82) is 0 Å². The zero-order chi connectivity index (χ0) is 23.0. The Morgan fingerprint density at radius 1 is 1.22 bits per heavy atom. The minimum Gasteiger partial charge on any atom is -0.379 e. The molecule has 1 aliphatic rings. The first kappa shape index (κ1) is 22.2. The van der Waals surface area contributed by atoms with Crippen LogP contribution in [-0.4, -0.2) is 41.5 Å². The molecule has 4 rings (SSSR count). The van der Waals surface area contributed by atoms with Gasteiger partial charge in [0.15, 0.2) is 5.82 Å². The molecule has 0 aliphatic carbocycles. The molecule has 1 aromatic carbocycles. The largest absolute Gasteiger partial charge is 0.419 e. The van der Waals surface area contributed by atoms with Gasteiger partial charge in [-0.25, -0.2) is 9.37 Å². The minimum atomic E-state index is -4.77. The van der Waals surface area contributed by atoms with E-state index in [-0.39, 0.29) is 11.6 Å². The van der Waals surface area contributed by atoms with Crippen LogP contribution in [0.2, 0.25) is 0 Å². The maximum absolute atomic E-state index is 14.6. The number of nitrogens with zero attached hydrogens (tertiary/aromatic N) is 4. The monoisotopic (exact) mass is 449 g/mol. The van der Waals surface area contributed by atoms with Crippen molar-refractivity contribution < 1.29 is 22.3 Å². The number of benzene rings is 1. The van der Waals surface area contributed by atoms with E-state index in [9.17, 15) is 17.6 Å². The predicted molar refractivity (Wildman–Crippen MR) is 113 cm³/mol. The highest BCUT2D eigenvalue weighted by molar-refractivity contribution is 5.94. The summed E-state index contributed by atoms with van der Waals surface area (Å²) in [5.74, 6) is -0.247. The van der Waals surface area contributed by atoms with Crippen LogP contribution in [0.3, 0.4) is 0 Å². The van der Waals surface area contributed by atoms with Gasteiger partial charge in [0.05, 0.1) is 29.9 Å². The van der Waals surface area contributed by atoms with Crippen molar-refractivity contribution in [1.82, 2.24) is 15.2 Å². The smallest absolute Gasteiger partial charge is 0.379 e. The molecule has 0 spiro atoms. The standard InChI is InChI=1S/C22H23F4N5O/c1-12(15-5-4-6-18(20(15)23)22(24,25)26)28-21-16-9-19(31(3)14-7-8-32-11-14)27-10-17(16)13(2)29-30-21/h4-6,9-10,12,14H,7-8,11H2,1-3H3,(H,28,30)/t12-,14+/m1/s1. The Bertz CT molecular complexity index is 1130. The predicted octanol–water partition coefficient (Wildman–Crippen LogP) is 4.89. The third-order valence-electron chi connectivity index (χ3n) is 5.80. The van der Waals surface area contributed by atoms with Gasteiger partial charge in [-0.3, -0.25) is 0 Å². The number of alkyl halides is 3. The van der Waals surface area contributed by atoms with Crippen LogP contribution in [0, 0.1) is 12.7 Å². The number of fused-ring (bicyclic) bond motifs is 1. The highest BCUT2D eigenvalue weighted by Crippen LogP contribution is 2.35. The number of likely N-dealkylation sites (N-methyl/N-ethyl adjacent to an activating group) is 1. The molecule has 0 radical (unpaired) electrons. The molecule has 1 N–H and O–H groups in total. The fourth-order valence-corrected chi connectivity index (χ4v) is 3.86. The van der Waals surface area contributed by atoms with Crippen molar-refractivity contribution >= 4 is 22.4 Å². The average molecular weight is 449 g/mol. The lowest BCUT2D eigenvalue weighted by atomic mass is 10.0. The van der Waals surface area contributed by atoms with Crippen LogP contribution in [0.25, 0.3) is 10.8 Å². The Balaban J connectivity index is 1.70. The molecule has 10 heteroatoms. The van der Waals surface area contributed by atoms with E-state index in [1.807, 2.05) is 18.0 Å². The summed E-state index contributed by atoms with van der Waals surface area (Å²) in [5, 5.41) is 12.8. The summed E-state index contributed by atoms with van der Waals surface area (Å²) in [6.45, 7) is 4.68. The molecule has 0 bridgehead atoms. The Morgan fingerprint density at radius 2 is 2.00 bits per heavy atom. The summed E-state index contributed by atoms with van der Waals surface area (Å²) >= 11 is 0. The molecule has 1 aliphatic heterocycles. The highest BCUT2D eigenvalue weighted by atomic mass is 19.4. The maximum Gasteiger partial charge on any atom is 0.419 e. The van der Waals surface area contributed by atoms with E-state index < -0.39 is 23.6 Å². The van der Waals surface area contributed by atoms with E-state index in [4.69, 9.17) is 4.74 Å². The van der Waals surface area contributed by atoms with Gasteiger partial charge >= 0.3 is 6.18 Å². The number of halogens is 4. The van der Waals surface area contributed by atoms with Crippen LogP contribution in [-0.2, 0) is 10.9 Å². The van der Waals surface area contributed by atoms with Crippen molar-refractivity contribution in [3.63, 3.8) is 0 Å². The number of pyridine rings is 1. The Kier molecular flexibility index (Phi) is 5.89. The summed E-state index contributed by atoms with van der Waals surface area (Å²) in [7, 11) is 1.93. The normalized spacial score (nSPS) is 17.5. The van der Waals surface area contributed by atoms with E-state index in [0.29, 0.717) is 35.9 Å². The van der Waals surface area contributed by atoms with E-state index in [1.54, 1.807) is 20.0 Å². The number of aryl methyl sites for hydroxylation is 1. The molecule has 32 heavy (non-hydrogen) atoms. The lowest BCUT2D eigenvalue weighted by molar-refractivity contribution is -0.140. The first-order valence-electron chi connectivity index (χ1n) is 10.2. The molecule has 2 atom stereocenters. The van der Waals surface area contributed by atoms with Gasteiger partial charge in [-0.2, -0.15) is 18.3 Å². The lowest BCUT2D eigenvalue weighted by Crippen LogP contribution is -2.32. The van der Waals surface area contributed by atoms with Crippen LogP contribution in [0.4, 0.5) is 29.2 Å². The molecule has 3 aromatic rings. The molecule has 0 amide bonds. The number of hydrogen-bond donors (Lipinski definition) is 1. The molecule has 2 aromatic heterocycles. The Morgan fingerprint density at radius 3 is 2.69 bits per heavy atom. The van der Waals surface area contributed by atoms with Gasteiger partial charge < -0.3 is 15.0 Å². The number of hydrogen-bond acceptors (Lipinski definition) is 6. The molecular formula is C22H23F4N5O. The van der Waals surface area contributed by atoms with Gasteiger partial charge in [-0.1, -0.05) is 12.1 Å². The molecule has 0 unspecified atom stereocenters. The van der Waals surface area contributed by atoms with Crippen LogP contribution < -0.4 is 10.2 Å². The third-order valence-corrected chi connectivity index (χ3v) is 5.80. The quantitative estimate of drug-likeness (QED) is 0.560. The average Bonchev–Trinajstić information content (AvgIpc) is 3.29. The maximum atomic E-state index is 14.6. The van der Waals surface area contributed by atoms with Gasteiger partial charge in [0.2, 0.25) is 0 Å². The molecule has 0 saturated carbocycles. The zero-order valence-corrected chi connectivity index (χ0v) is 17.9. The lowest BCUT2D eigenvalue weighted by Gasteiger charge is -2.25. The zero-order valence-electron chi connectivity index (χ0n) is 17.9. The first-order chi connectivity index (χ1) is 15.2. The summed E-state index contributed by atoms with van der Waals surface area (Å²) in [4.78, 5) is 6.56. The molecule has 1 saturated heterocycles. The molecule has 1 fully saturated rings. The number of aromatic nitrogens is 3.